The Hall–Kier alpha value is -3.41. The largest absolute Gasteiger partial charge is 0.374 e. The van der Waals surface area contributed by atoms with Gasteiger partial charge in [0.1, 0.15) is 6.07 Å². The summed E-state index contributed by atoms with van der Waals surface area (Å²) in [6, 6.07) is 9.54. The summed E-state index contributed by atoms with van der Waals surface area (Å²) < 4.78 is 25.8. The Balaban J connectivity index is 1.85. The lowest BCUT2D eigenvalue weighted by Crippen LogP contribution is -2.36. The number of nitriles is 1. The van der Waals surface area contributed by atoms with E-state index < -0.39 is 10.0 Å². The first-order chi connectivity index (χ1) is 15.7. The van der Waals surface area contributed by atoms with Crippen LogP contribution < -0.4 is 10.0 Å². The van der Waals surface area contributed by atoms with Crippen LogP contribution in [0.5, 0.6) is 0 Å². The van der Waals surface area contributed by atoms with Crippen molar-refractivity contribution in [3.63, 3.8) is 0 Å². The Bertz CT molecular complexity index is 1440. The molecule has 1 aliphatic carbocycles. The van der Waals surface area contributed by atoms with Crippen molar-refractivity contribution < 1.29 is 8.42 Å². The number of hydrogen-bond acceptors (Lipinski definition) is 6. The van der Waals surface area contributed by atoms with Gasteiger partial charge in [0.25, 0.3) is 0 Å². The van der Waals surface area contributed by atoms with E-state index in [2.05, 4.69) is 45.2 Å². The molecule has 1 aromatic carbocycles. The molecule has 1 atom stereocenters. The van der Waals surface area contributed by atoms with Gasteiger partial charge in [0.15, 0.2) is 5.15 Å². The number of allylic oxidation sites excluding steroid dienone is 2. The lowest BCUT2D eigenvalue weighted by molar-refractivity contribution is 0.558. The van der Waals surface area contributed by atoms with E-state index in [1.54, 1.807) is 18.5 Å². The monoisotopic (exact) mass is 479 g/mol. The minimum atomic E-state index is -3.52. The van der Waals surface area contributed by atoms with Gasteiger partial charge in [-0.2, -0.15) is 5.26 Å². The predicted molar refractivity (Wildman–Crippen MR) is 133 cm³/mol. The van der Waals surface area contributed by atoms with E-state index in [1.165, 1.54) is 0 Å². The van der Waals surface area contributed by atoms with Crippen LogP contribution in [0.2, 0.25) is 5.15 Å². The Kier molecular flexibility index (Phi) is 6.11. The number of nitrogens with one attached hydrogen (secondary N) is 2. The molecule has 2 N–H and O–H groups in total. The number of benzene rings is 1. The summed E-state index contributed by atoms with van der Waals surface area (Å²) in [6.07, 6.45) is 14.1. The molecule has 0 aliphatic heterocycles. The number of hydrogen-bond donors (Lipinski definition) is 2. The van der Waals surface area contributed by atoms with Crippen LogP contribution >= 0.6 is 11.6 Å². The third-order valence-electron chi connectivity index (χ3n) is 5.61. The van der Waals surface area contributed by atoms with Crippen molar-refractivity contribution >= 4 is 43.9 Å². The first-order valence-corrected chi connectivity index (χ1v) is 12.6. The van der Waals surface area contributed by atoms with Crippen LogP contribution in [0.3, 0.4) is 0 Å². The molecule has 4 rings (SSSR count). The second-order valence-corrected chi connectivity index (χ2v) is 10.1. The highest BCUT2D eigenvalue weighted by Crippen LogP contribution is 2.36. The van der Waals surface area contributed by atoms with Gasteiger partial charge < -0.3 is 5.32 Å². The van der Waals surface area contributed by atoms with Gasteiger partial charge >= 0.3 is 0 Å². The van der Waals surface area contributed by atoms with Crippen molar-refractivity contribution in [3.8, 4) is 17.2 Å². The normalized spacial score (nSPS) is 17.6. The molecule has 168 valence electrons. The second-order valence-electron chi connectivity index (χ2n) is 7.95. The summed E-state index contributed by atoms with van der Waals surface area (Å²) in [5.74, 6) is 0. The number of aromatic nitrogens is 2. The van der Waals surface area contributed by atoms with E-state index >= 15 is 0 Å². The van der Waals surface area contributed by atoms with E-state index in [0.717, 1.165) is 35.6 Å². The molecule has 0 bridgehead atoms. The van der Waals surface area contributed by atoms with Crippen molar-refractivity contribution in [1.29, 1.82) is 5.26 Å². The molecule has 1 aliphatic rings. The lowest BCUT2D eigenvalue weighted by Gasteiger charge is -2.33. The minimum Gasteiger partial charge on any atom is -0.374 e. The highest BCUT2D eigenvalue weighted by Gasteiger charge is 2.27. The number of sulfonamides is 1. The number of anilines is 2. The smallest absolute Gasteiger partial charge is 0.229 e. The lowest BCUT2D eigenvalue weighted by atomic mass is 9.87. The number of halogens is 1. The molecule has 0 fully saturated rings. The Morgan fingerprint density at radius 1 is 1.18 bits per heavy atom. The molecule has 0 amide bonds. The van der Waals surface area contributed by atoms with Crippen LogP contribution in [0.15, 0.2) is 61.0 Å². The first-order valence-electron chi connectivity index (χ1n) is 10.3. The molecular formula is C24H22ClN5O2S. The number of pyridine rings is 2. The maximum absolute atomic E-state index is 11.7. The first kappa shape index (κ1) is 22.8. The number of nitrogens with zero attached hydrogens (tertiary/aromatic N) is 3. The molecule has 2 heterocycles. The average molecular weight is 480 g/mol. The van der Waals surface area contributed by atoms with Gasteiger partial charge in [-0.1, -0.05) is 48.9 Å². The molecule has 0 spiro atoms. The zero-order valence-corrected chi connectivity index (χ0v) is 19.7. The fourth-order valence-corrected chi connectivity index (χ4v) is 4.59. The fraction of sp³-hybridized carbons (Fsp3) is 0.208. The van der Waals surface area contributed by atoms with Crippen LogP contribution in [0.25, 0.3) is 22.0 Å². The molecule has 3 aromatic rings. The summed E-state index contributed by atoms with van der Waals surface area (Å²) in [5, 5.41) is 14.2. The van der Waals surface area contributed by atoms with E-state index in [-0.39, 0.29) is 16.4 Å². The standard InChI is InChI=1S/C24H22ClN5O2S/c1-3-24(9-5-4-6-10-24)29-22-18(13-26)15-27-20-8-7-16(11-19(20)22)17-12-21(23(25)28-14-17)30-33(2,31)32/h4-9,11-12,14-15,30H,3,10H2,1-2H3,(H,27,29). The van der Waals surface area contributed by atoms with Crippen LogP contribution in [0.4, 0.5) is 11.4 Å². The molecular weight excluding hydrogens is 458 g/mol. The van der Waals surface area contributed by atoms with E-state index in [0.29, 0.717) is 16.8 Å². The minimum absolute atomic E-state index is 0.0581. The molecule has 9 heteroatoms. The van der Waals surface area contributed by atoms with Crippen molar-refractivity contribution in [2.75, 3.05) is 16.3 Å². The zero-order valence-electron chi connectivity index (χ0n) is 18.1. The molecule has 2 aromatic heterocycles. The van der Waals surface area contributed by atoms with Crippen LogP contribution in [0, 0.1) is 11.3 Å². The topological polar surface area (TPSA) is 108 Å². The maximum atomic E-state index is 11.7. The van der Waals surface area contributed by atoms with Gasteiger partial charge in [-0.05, 0) is 36.6 Å². The Morgan fingerprint density at radius 2 is 2.00 bits per heavy atom. The summed E-state index contributed by atoms with van der Waals surface area (Å²) in [4.78, 5) is 8.58. The van der Waals surface area contributed by atoms with Crippen LogP contribution in [0.1, 0.15) is 25.3 Å². The molecule has 33 heavy (non-hydrogen) atoms. The quantitative estimate of drug-likeness (QED) is 0.466. The highest BCUT2D eigenvalue weighted by molar-refractivity contribution is 7.92. The van der Waals surface area contributed by atoms with Crippen molar-refractivity contribution in [1.82, 2.24) is 9.97 Å². The van der Waals surface area contributed by atoms with Crippen molar-refractivity contribution in [3.05, 3.63) is 71.7 Å². The SMILES string of the molecule is CCC1(Nc2c(C#N)cnc3ccc(-c4cnc(Cl)c(NS(C)(=O)=O)c4)cc23)C=CC=CC1. The third-order valence-corrected chi connectivity index (χ3v) is 6.50. The summed E-state index contributed by atoms with van der Waals surface area (Å²) in [7, 11) is -3.52. The zero-order chi connectivity index (χ0) is 23.6. The summed E-state index contributed by atoms with van der Waals surface area (Å²) in [6.45, 7) is 2.10. The molecule has 0 saturated carbocycles. The Morgan fingerprint density at radius 3 is 2.67 bits per heavy atom. The van der Waals surface area contributed by atoms with Gasteiger partial charge in [-0.25, -0.2) is 13.4 Å². The van der Waals surface area contributed by atoms with Gasteiger partial charge in [-0.3, -0.25) is 9.71 Å². The van der Waals surface area contributed by atoms with Gasteiger partial charge in [0.05, 0.1) is 34.2 Å². The van der Waals surface area contributed by atoms with Gasteiger partial charge in [0, 0.05) is 23.3 Å². The average Bonchev–Trinajstić information content (AvgIpc) is 2.80. The predicted octanol–water partition coefficient (Wildman–Crippen LogP) is 5.27. The van der Waals surface area contributed by atoms with Gasteiger partial charge in [0.2, 0.25) is 10.0 Å². The van der Waals surface area contributed by atoms with Crippen LogP contribution in [-0.2, 0) is 10.0 Å². The van der Waals surface area contributed by atoms with E-state index in [9.17, 15) is 13.7 Å². The van der Waals surface area contributed by atoms with Crippen molar-refractivity contribution in [2.24, 2.45) is 0 Å². The number of rotatable bonds is 6. The summed E-state index contributed by atoms with van der Waals surface area (Å²) in [5.41, 5.74) is 3.24. The van der Waals surface area contributed by atoms with Crippen molar-refractivity contribution in [2.45, 2.75) is 25.3 Å². The molecule has 0 radical (unpaired) electrons. The maximum Gasteiger partial charge on any atom is 0.229 e. The second kappa shape index (κ2) is 8.85. The summed E-state index contributed by atoms with van der Waals surface area (Å²) >= 11 is 6.08. The van der Waals surface area contributed by atoms with E-state index in [4.69, 9.17) is 11.6 Å². The van der Waals surface area contributed by atoms with Gasteiger partial charge in [-0.15, -0.1) is 0 Å². The van der Waals surface area contributed by atoms with Crippen LogP contribution in [-0.4, -0.2) is 30.2 Å². The van der Waals surface area contributed by atoms with E-state index in [1.807, 2.05) is 30.4 Å². The number of fused-ring (bicyclic) bond motifs is 1. The highest BCUT2D eigenvalue weighted by atomic mass is 35.5. The fourth-order valence-electron chi connectivity index (χ4n) is 3.83. The molecule has 7 nitrogen and oxygen atoms in total. The Labute approximate surface area is 197 Å². The molecule has 0 saturated heterocycles. The third kappa shape index (κ3) is 4.85. The molecule has 1 unspecified atom stereocenters.